The molecule has 1 rings (SSSR count). The smallest absolute Gasteiger partial charge is 0.305 e. The second kappa shape index (κ2) is 9.09. The summed E-state index contributed by atoms with van der Waals surface area (Å²) in [5.74, 6) is -3.42. The van der Waals surface area contributed by atoms with Gasteiger partial charge in [-0.2, -0.15) is 0 Å². The number of carbonyl (C=O) groups excluding carboxylic acids is 1. The third kappa shape index (κ3) is 6.17. The Bertz CT molecular complexity index is 522. The second-order valence-electron chi connectivity index (χ2n) is 4.76. The van der Waals surface area contributed by atoms with Crippen LogP contribution < -0.4 is 0 Å². The Morgan fingerprint density at radius 2 is 2.00 bits per heavy atom. The summed E-state index contributed by atoms with van der Waals surface area (Å²) in [4.78, 5) is 23.9. The number of carbonyl (C=O) groups is 2. The van der Waals surface area contributed by atoms with Gasteiger partial charge in [0.15, 0.2) is 11.6 Å². The Morgan fingerprint density at radius 3 is 2.59 bits per heavy atom. The normalized spacial score (nSPS) is 10.5. The minimum atomic E-state index is -1.04. The molecule has 122 valence electrons. The highest BCUT2D eigenvalue weighted by Gasteiger charge is 2.16. The molecule has 0 aromatic heterocycles. The lowest BCUT2D eigenvalue weighted by Gasteiger charge is -2.22. The van der Waals surface area contributed by atoms with Gasteiger partial charge in [-0.25, -0.2) is 8.78 Å². The maximum atomic E-state index is 13.2. The van der Waals surface area contributed by atoms with Gasteiger partial charge in [0.2, 0.25) is 5.91 Å². The van der Waals surface area contributed by atoms with Crippen molar-refractivity contribution in [3.63, 3.8) is 0 Å². The molecule has 0 unspecified atom stereocenters. The molecule has 1 amide bonds. The third-order valence-electron chi connectivity index (χ3n) is 2.88. The number of hydrogen-bond acceptors (Lipinski definition) is 3. The molecule has 0 aliphatic heterocycles. The fourth-order valence-corrected chi connectivity index (χ4v) is 1.78. The monoisotopic (exact) mass is 315 g/mol. The van der Waals surface area contributed by atoms with E-state index in [0.29, 0.717) is 12.2 Å². The summed E-state index contributed by atoms with van der Waals surface area (Å²) in [5, 5.41) is 8.73. The fourth-order valence-electron chi connectivity index (χ4n) is 1.78. The lowest BCUT2D eigenvalue weighted by Crippen LogP contribution is -2.35. The maximum absolute atomic E-state index is 13.2. The predicted octanol–water partition coefficient (Wildman–Crippen LogP) is 2.19. The number of hydrogen-bond donors (Lipinski definition) is 1. The van der Waals surface area contributed by atoms with Crippen molar-refractivity contribution in [1.29, 1.82) is 0 Å². The van der Waals surface area contributed by atoms with Gasteiger partial charge in [-0.15, -0.1) is 0 Å². The molecule has 0 atom stereocenters. The molecule has 0 saturated carbocycles. The van der Waals surface area contributed by atoms with Crippen LogP contribution in [0.5, 0.6) is 0 Å². The number of benzene rings is 1. The molecule has 22 heavy (non-hydrogen) atoms. The van der Waals surface area contributed by atoms with E-state index in [2.05, 4.69) is 0 Å². The number of aliphatic carboxylic acids is 1. The van der Waals surface area contributed by atoms with E-state index < -0.39 is 17.6 Å². The number of amides is 1. The number of ether oxygens (including phenoxy) is 1. The van der Waals surface area contributed by atoms with Crippen molar-refractivity contribution in [2.75, 3.05) is 19.8 Å². The minimum Gasteiger partial charge on any atom is -0.481 e. The van der Waals surface area contributed by atoms with Gasteiger partial charge in [0.05, 0.1) is 6.42 Å². The molecule has 5 nitrogen and oxygen atoms in total. The predicted molar refractivity (Wildman–Crippen MR) is 75.1 cm³/mol. The Hall–Kier alpha value is -2.02. The molecule has 0 radical (unpaired) electrons. The zero-order chi connectivity index (χ0) is 16.5. The number of halogens is 2. The van der Waals surface area contributed by atoms with E-state index in [1.165, 1.54) is 11.0 Å². The molecule has 1 N–H and O–H groups in total. The van der Waals surface area contributed by atoms with Crippen LogP contribution in [0.3, 0.4) is 0 Å². The average molecular weight is 315 g/mol. The molecule has 1 aromatic carbocycles. The van der Waals surface area contributed by atoms with Gasteiger partial charge < -0.3 is 14.7 Å². The van der Waals surface area contributed by atoms with E-state index in [1.54, 1.807) is 0 Å². The summed E-state index contributed by atoms with van der Waals surface area (Å²) in [7, 11) is 0. The lowest BCUT2D eigenvalue weighted by molar-refractivity contribution is -0.140. The molecule has 0 saturated heterocycles. The van der Waals surface area contributed by atoms with Crippen LogP contribution in [0.15, 0.2) is 18.2 Å². The third-order valence-corrected chi connectivity index (χ3v) is 2.88. The number of nitrogens with zero attached hydrogens (tertiary/aromatic N) is 1. The summed E-state index contributed by atoms with van der Waals surface area (Å²) in [6, 6.07) is 3.31. The van der Waals surface area contributed by atoms with Crippen LogP contribution >= 0.6 is 0 Å². The van der Waals surface area contributed by atoms with Gasteiger partial charge in [-0.1, -0.05) is 13.0 Å². The van der Waals surface area contributed by atoms with E-state index in [9.17, 15) is 18.4 Å². The van der Waals surface area contributed by atoms with Gasteiger partial charge in [-0.05, 0) is 24.1 Å². The molecule has 7 heteroatoms. The summed E-state index contributed by atoms with van der Waals surface area (Å²) in [6.07, 6.45) is 0.523. The summed E-state index contributed by atoms with van der Waals surface area (Å²) in [5.41, 5.74) is 0.383. The van der Waals surface area contributed by atoms with Gasteiger partial charge >= 0.3 is 5.97 Å². The van der Waals surface area contributed by atoms with Crippen LogP contribution in [-0.2, 0) is 20.9 Å². The summed E-state index contributed by atoms with van der Waals surface area (Å²) < 4.78 is 31.2. The first-order chi connectivity index (χ1) is 10.4. The van der Waals surface area contributed by atoms with Crippen molar-refractivity contribution in [3.05, 3.63) is 35.4 Å². The maximum Gasteiger partial charge on any atom is 0.305 e. The van der Waals surface area contributed by atoms with Crippen LogP contribution in [0, 0.1) is 11.6 Å². The zero-order valence-corrected chi connectivity index (χ0v) is 12.3. The van der Waals surface area contributed by atoms with Gasteiger partial charge in [0.1, 0.15) is 6.61 Å². The molecular weight excluding hydrogens is 296 g/mol. The van der Waals surface area contributed by atoms with Crippen LogP contribution in [-0.4, -0.2) is 41.6 Å². The minimum absolute atomic E-state index is 0.00119. The summed E-state index contributed by atoms with van der Waals surface area (Å²) in [6.45, 7) is 2.12. The Balaban J connectivity index is 2.73. The zero-order valence-electron chi connectivity index (χ0n) is 12.3. The number of rotatable bonds is 9. The second-order valence-corrected chi connectivity index (χ2v) is 4.76. The molecule has 0 bridgehead atoms. The first kappa shape index (κ1) is 18.0. The fraction of sp³-hybridized carbons (Fsp3) is 0.467. The topological polar surface area (TPSA) is 66.8 Å². The van der Waals surface area contributed by atoms with Crippen LogP contribution in [0.25, 0.3) is 0 Å². The molecule has 0 aliphatic carbocycles. The quantitative estimate of drug-likeness (QED) is 0.709. The van der Waals surface area contributed by atoms with Crippen LogP contribution in [0.4, 0.5) is 8.78 Å². The van der Waals surface area contributed by atoms with Gasteiger partial charge in [-0.3, -0.25) is 9.59 Å². The average Bonchev–Trinajstić information content (AvgIpc) is 2.47. The standard InChI is InChI=1S/C15H19F2NO4/c1-2-7-22-10-14(19)18(6-5-15(20)21)9-11-3-4-12(16)13(17)8-11/h3-4,8H,2,5-7,9-10H2,1H3,(H,20,21). The SMILES string of the molecule is CCCOCC(=O)N(CCC(=O)O)Cc1ccc(F)c(F)c1. The first-order valence-electron chi connectivity index (χ1n) is 6.95. The molecule has 0 heterocycles. The highest BCUT2D eigenvalue weighted by molar-refractivity contribution is 5.78. The Morgan fingerprint density at radius 1 is 1.27 bits per heavy atom. The van der Waals surface area contributed by atoms with Crippen molar-refractivity contribution in [2.45, 2.75) is 26.3 Å². The Kier molecular flexibility index (Phi) is 7.45. The van der Waals surface area contributed by atoms with E-state index in [1.807, 2.05) is 6.92 Å². The van der Waals surface area contributed by atoms with Crippen LogP contribution in [0.1, 0.15) is 25.3 Å². The van der Waals surface area contributed by atoms with E-state index in [-0.39, 0.29) is 32.0 Å². The van der Waals surface area contributed by atoms with Crippen molar-refractivity contribution in [2.24, 2.45) is 0 Å². The molecular formula is C15H19F2NO4. The molecule has 0 aliphatic rings. The van der Waals surface area contributed by atoms with E-state index in [0.717, 1.165) is 18.6 Å². The van der Waals surface area contributed by atoms with Crippen molar-refractivity contribution in [1.82, 2.24) is 4.90 Å². The van der Waals surface area contributed by atoms with Crippen LogP contribution in [0.2, 0.25) is 0 Å². The number of carboxylic acids is 1. The summed E-state index contributed by atoms with van der Waals surface area (Å²) >= 11 is 0. The number of carboxylic acid groups (broad SMARTS) is 1. The molecule has 0 fully saturated rings. The van der Waals surface area contributed by atoms with Gasteiger partial charge in [0.25, 0.3) is 0 Å². The highest BCUT2D eigenvalue weighted by Crippen LogP contribution is 2.12. The van der Waals surface area contributed by atoms with Crippen molar-refractivity contribution >= 4 is 11.9 Å². The molecule has 1 aromatic rings. The molecule has 0 spiro atoms. The van der Waals surface area contributed by atoms with E-state index in [4.69, 9.17) is 9.84 Å². The van der Waals surface area contributed by atoms with E-state index >= 15 is 0 Å². The van der Waals surface area contributed by atoms with Crippen molar-refractivity contribution in [3.8, 4) is 0 Å². The Labute approximate surface area is 127 Å². The van der Waals surface area contributed by atoms with Crippen molar-refractivity contribution < 1.29 is 28.2 Å². The first-order valence-corrected chi connectivity index (χ1v) is 6.95. The highest BCUT2D eigenvalue weighted by atomic mass is 19.2. The largest absolute Gasteiger partial charge is 0.481 e. The lowest BCUT2D eigenvalue weighted by atomic mass is 10.2. The van der Waals surface area contributed by atoms with Gasteiger partial charge in [0, 0.05) is 19.7 Å².